The third kappa shape index (κ3) is 5.48. The largest absolute Gasteiger partial charge is 0.496 e. The van der Waals surface area contributed by atoms with Gasteiger partial charge in [0.25, 0.3) is 0 Å². The van der Waals surface area contributed by atoms with Gasteiger partial charge in [0.2, 0.25) is 5.91 Å². The lowest BCUT2D eigenvalue weighted by molar-refractivity contribution is -0.199. The molecule has 0 spiro atoms. The third-order valence-electron chi connectivity index (χ3n) is 9.22. The zero-order valence-corrected chi connectivity index (χ0v) is 25.4. The maximum Gasteiger partial charge on any atom is 0.482 e. The lowest BCUT2D eigenvalue weighted by Crippen LogP contribution is -2.65. The van der Waals surface area contributed by atoms with Gasteiger partial charge in [0.1, 0.15) is 23.5 Å². The summed E-state index contributed by atoms with van der Waals surface area (Å²) in [6, 6.07) is 5.35. The number of aromatic nitrogens is 4. The molecule has 4 aliphatic rings. The van der Waals surface area contributed by atoms with Crippen LogP contribution in [0, 0.1) is 17.3 Å². The molecule has 2 aromatic rings. The zero-order valence-electron chi connectivity index (χ0n) is 25.4. The van der Waals surface area contributed by atoms with Crippen LogP contribution in [0.5, 0.6) is 5.75 Å². The van der Waals surface area contributed by atoms with Gasteiger partial charge in [0.15, 0.2) is 5.82 Å². The number of amides is 1. The molecular weight excluding hydrogens is 525 g/mol. The van der Waals surface area contributed by atoms with Gasteiger partial charge >= 0.3 is 13.1 Å². The Labute approximate surface area is 242 Å². The first-order valence-electron chi connectivity index (χ1n) is 14.5. The van der Waals surface area contributed by atoms with E-state index in [1.807, 2.05) is 33.8 Å². The van der Waals surface area contributed by atoms with Crippen molar-refractivity contribution in [3.63, 3.8) is 0 Å². The number of carbonyl (C=O) groups is 2. The number of nitrogens with one attached hydrogen (secondary N) is 1. The highest BCUT2D eigenvalue weighted by molar-refractivity contribution is 6.48. The van der Waals surface area contributed by atoms with Crippen molar-refractivity contribution in [3.8, 4) is 5.75 Å². The van der Waals surface area contributed by atoms with E-state index in [2.05, 4.69) is 41.6 Å². The van der Waals surface area contributed by atoms with Gasteiger partial charge in [-0.05, 0) is 86.3 Å². The fraction of sp³-hybridized carbons (Fsp3) is 0.690. The van der Waals surface area contributed by atoms with E-state index < -0.39 is 30.2 Å². The molecule has 1 saturated heterocycles. The second kappa shape index (κ2) is 10.7. The summed E-state index contributed by atoms with van der Waals surface area (Å²) in [4.78, 5) is 26.4. The van der Waals surface area contributed by atoms with E-state index in [9.17, 15) is 9.59 Å². The van der Waals surface area contributed by atoms with Crippen LogP contribution in [0.15, 0.2) is 18.2 Å². The lowest BCUT2D eigenvalue weighted by atomic mass is 9.43. The fourth-order valence-electron chi connectivity index (χ4n) is 6.99. The molecule has 41 heavy (non-hydrogen) atoms. The quantitative estimate of drug-likeness (QED) is 0.359. The Morgan fingerprint density at radius 1 is 1.24 bits per heavy atom. The van der Waals surface area contributed by atoms with E-state index in [1.165, 1.54) is 11.8 Å². The van der Waals surface area contributed by atoms with Crippen molar-refractivity contribution in [3.05, 3.63) is 35.2 Å². The van der Waals surface area contributed by atoms with Crippen molar-refractivity contribution >= 4 is 19.0 Å². The van der Waals surface area contributed by atoms with Crippen LogP contribution < -0.4 is 10.1 Å². The number of methoxy groups -OCH3 is 1. The number of para-hydroxylation sites is 1. The number of hydrogen-bond acceptors (Lipinski definition) is 9. The summed E-state index contributed by atoms with van der Waals surface area (Å²) in [6.07, 6.45) is 2.92. The van der Waals surface area contributed by atoms with Gasteiger partial charge in [-0.1, -0.05) is 32.9 Å². The Morgan fingerprint density at radius 2 is 2.00 bits per heavy atom. The van der Waals surface area contributed by atoms with Crippen LogP contribution in [0.4, 0.5) is 0 Å². The first kappa shape index (κ1) is 29.5. The van der Waals surface area contributed by atoms with Crippen LogP contribution in [-0.4, -0.2) is 69.6 Å². The molecular formula is C29H42BN5O6. The molecule has 3 aliphatic carbocycles. The molecule has 1 amide bonds. The van der Waals surface area contributed by atoms with Crippen LogP contribution in [0.1, 0.15) is 83.1 Å². The van der Waals surface area contributed by atoms with E-state index >= 15 is 0 Å². The summed E-state index contributed by atoms with van der Waals surface area (Å²) < 4.78 is 26.2. The van der Waals surface area contributed by atoms with E-state index in [0.29, 0.717) is 41.8 Å². The van der Waals surface area contributed by atoms with Crippen LogP contribution >= 0.6 is 0 Å². The van der Waals surface area contributed by atoms with Gasteiger partial charge in [-0.2, -0.15) is 0 Å². The first-order chi connectivity index (χ1) is 19.3. The first-order valence-corrected chi connectivity index (χ1v) is 14.5. The predicted molar refractivity (Wildman–Crippen MR) is 151 cm³/mol. The average molecular weight is 567 g/mol. The van der Waals surface area contributed by atoms with E-state index in [1.54, 1.807) is 12.1 Å². The summed E-state index contributed by atoms with van der Waals surface area (Å²) >= 11 is 0. The molecule has 2 bridgehead atoms. The minimum atomic E-state index is -0.682. The Balaban J connectivity index is 1.43. The van der Waals surface area contributed by atoms with Crippen molar-refractivity contribution in [1.29, 1.82) is 0 Å². The number of benzene rings is 1. The van der Waals surface area contributed by atoms with Gasteiger partial charge in [-0.25, -0.2) is 9.48 Å². The molecule has 1 aliphatic heterocycles. The molecule has 2 heterocycles. The minimum Gasteiger partial charge on any atom is -0.496 e. The van der Waals surface area contributed by atoms with E-state index in [0.717, 1.165) is 18.4 Å². The normalized spacial score (nSPS) is 27.0. The topological polar surface area (TPSA) is 127 Å². The van der Waals surface area contributed by atoms with Gasteiger partial charge in [-0.3, -0.25) is 4.79 Å². The Bertz CT molecular complexity index is 1310. The molecule has 222 valence electrons. The number of ether oxygens (including phenoxy) is 2. The zero-order chi connectivity index (χ0) is 29.7. The number of tetrazole rings is 1. The smallest absolute Gasteiger partial charge is 0.482 e. The minimum absolute atomic E-state index is 0.0348. The number of carbonyl (C=O) groups excluding carboxylic acids is 2. The summed E-state index contributed by atoms with van der Waals surface area (Å²) in [7, 11) is 0.844. The van der Waals surface area contributed by atoms with Crippen molar-refractivity contribution in [2.24, 2.45) is 17.3 Å². The Hall–Kier alpha value is -2.99. The SMILES string of the molecule is CCc1nnnn1CC(=O)N[C@@H](Cc1cccc(C(=O)OC(C)(C)C)c1OC)B1O[C@@H]2C[C@@H]3C[C@@H](C3(C)C)[C@]2(C)O1. The second-order valence-corrected chi connectivity index (χ2v) is 13.3. The van der Waals surface area contributed by atoms with Crippen molar-refractivity contribution in [1.82, 2.24) is 25.5 Å². The molecule has 3 saturated carbocycles. The Morgan fingerprint density at radius 3 is 2.66 bits per heavy atom. The Kier molecular flexibility index (Phi) is 7.69. The van der Waals surface area contributed by atoms with E-state index in [4.69, 9.17) is 18.8 Å². The second-order valence-electron chi connectivity index (χ2n) is 13.3. The highest BCUT2D eigenvalue weighted by Crippen LogP contribution is 2.65. The number of esters is 1. The lowest BCUT2D eigenvalue weighted by Gasteiger charge is -2.64. The van der Waals surface area contributed by atoms with Crippen LogP contribution in [-0.2, 0) is 38.2 Å². The maximum absolute atomic E-state index is 13.3. The number of aryl methyl sites for hydroxylation is 1. The molecule has 6 rings (SSSR count). The molecule has 5 atom stereocenters. The highest BCUT2D eigenvalue weighted by Gasteiger charge is 2.68. The van der Waals surface area contributed by atoms with Gasteiger partial charge in [-0.15, -0.1) is 5.10 Å². The summed E-state index contributed by atoms with van der Waals surface area (Å²) in [6.45, 7) is 14.1. The van der Waals surface area contributed by atoms with E-state index in [-0.39, 0.29) is 24.0 Å². The standard InChI is InChI=1S/C29H42BN5O6/c1-9-23-32-33-34-35(23)16-24(36)31-22(30-40-21-15-18-14-20(28(18,5)6)29(21,7)41-30)13-17-11-10-12-19(25(17)38-8)26(37)39-27(2,3)4/h10-12,18,20-22H,9,13-16H2,1-8H3,(H,31,36)/t18-,20-,21+,22-,29-/m0/s1. The maximum atomic E-state index is 13.3. The van der Waals surface area contributed by atoms with Crippen LogP contribution in [0.3, 0.4) is 0 Å². The van der Waals surface area contributed by atoms with Crippen molar-refractivity contribution in [2.75, 3.05) is 7.11 Å². The molecule has 1 aromatic carbocycles. The molecule has 1 aromatic heterocycles. The van der Waals surface area contributed by atoms with Gasteiger partial charge in [0, 0.05) is 6.42 Å². The fourth-order valence-corrected chi connectivity index (χ4v) is 6.99. The van der Waals surface area contributed by atoms with Gasteiger partial charge in [0.05, 0.1) is 24.8 Å². The molecule has 0 unspecified atom stereocenters. The predicted octanol–water partition coefficient (Wildman–Crippen LogP) is 3.19. The van der Waals surface area contributed by atoms with Crippen molar-refractivity contribution in [2.45, 2.75) is 104 Å². The molecule has 1 N–H and O–H groups in total. The third-order valence-corrected chi connectivity index (χ3v) is 9.22. The van der Waals surface area contributed by atoms with Crippen LogP contribution in [0.25, 0.3) is 0 Å². The molecule has 12 heteroatoms. The molecule has 0 radical (unpaired) electrons. The average Bonchev–Trinajstić information content (AvgIpc) is 3.49. The monoisotopic (exact) mass is 567 g/mol. The van der Waals surface area contributed by atoms with Crippen molar-refractivity contribution < 1.29 is 28.4 Å². The summed E-state index contributed by atoms with van der Waals surface area (Å²) in [5, 5.41) is 14.8. The number of rotatable bonds is 9. The highest BCUT2D eigenvalue weighted by atomic mass is 16.7. The molecule has 11 nitrogen and oxygen atoms in total. The van der Waals surface area contributed by atoms with Crippen LogP contribution in [0.2, 0.25) is 0 Å². The summed E-state index contributed by atoms with van der Waals surface area (Å²) in [5.74, 6) is 0.691. The number of hydrogen-bond donors (Lipinski definition) is 1. The number of nitrogens with zero attached hydrogens (tertiary/aromatic N) is 4. The summed E-state index contributed by atoms with van der Waals surface area (Å²) in [5.41, 5.74) is 0.134. The molecule has 4 fully saturated rings. The van der Waals surface area contributed by atoms with Gasteiger partial charge < -0.3 is 24.1 Å².